The van der Waals surface area contributed by atoms with E-state index >= 15 is 0 Å². The standard InChI is InChI=1S/C21H16F3N5OS/c1-31-20-26-17(11-18(27-20)21(22,23)24)15-5-8-19(30)28(13-15)12-14-3-6-16(7-4-14)29-10-2-9-25-29/h2-11,13H,12H2,1H3. The fraction of sp³-hybridized carbons (Fsp3) is 0.143. The Bertz CT molecular complexity index is 1250. The summed E-state index contributed by atoms with van der Waals surface area (Å²) in [6, 6.07) is 13.0. The maximum absolute atomic E-state index is 13.2. The number of aromatic nitrogens is 5. The highest BCUT2D eigenvalue weighted by Crippen LogP contribution is 2.31. The van der Waals surface area contributed by atoms with Crippen molar-refractivity contribution < 1.29 is 13.2 Å². The smallest absolute Gasteiger partial charge is 0.310 e. The molecular weight excluding hydrogens is 427 g/mol. The van der Waals surface area contributed by atoms with E-state index in [1.54, 1.807) is 17.1 Å². The van der Waals surface area contributed by atoms with Crippen LogP contribution in [0.5, 0.6) is 0 Å². The molecule has 0 saturated heterocycles. The quantitative estimate of drug-likeness (QED) is 0.340. The largest absolute Gasteiger partial charge is 0.433 e. The van der Waals surface area contributed by atoms with E-state index in [1.807, 2.05) is 36.5 Å². The number of benzene rings is 1. The predicted molar refractivity (Wildman–Crippen MR) is 111 cm³/mol. The molecule has 10 heteroatoms. The lowest BCUT2D eigenvalue weighted by atomic mass is 10.1. The predicted octanol–water partition coefficient (Wildman–Crippen LogP) is 4.28. The molecule has 1 aromatic carbocycles. The van der Waals surface area contributed by atoms with E-state index in [9.17, 15) is 18.0 Å². The second kappa shape index (κ2) is 8.38. The number of pyridine rings is 1. The molecule has 0 fully saturated rings. The number of halogens is 3. The molecule has 3 heterocycles. The molecule has 4 aromatic rings. The molecular formula is C21H16F3N5OS. The summed E-state index contributed by atoms with van der Waals surface area (Å²) in [5.41, 5.74) is 0.952. The van der Waals surface area contributed by atoms with Crippen LogP contribution >= 0.6 is 11.8 Å². The summed E-state index contributed by atoms with van der Waals surface area (Å²) in [5.74, 6) is 0. The van der Waals surface area contributed by atoms with Crippen molar-refractivity contribution in [1.82, 2.24) is 24.3 Å². The fourth-order valence-corrected chi connectivity index (χ4v) is 3.37. The van der Waals surface area contributed by atoms with Crippen LogP contribution in [0.3, 0.4) is 0 Å². The van der Waals surface area contributed by atoms with E-state index in [-0.39, 0.29) is 23.0 Å². The minimum Gasteiger partial charge on any atom is -0.310 e. The Labute approximate surface area is 179 Å². The van der Waals surface area contributed by atoms with Gasteiger partial charge in [-0.3, -0.25) is 4.79 Å². The van der Waals surface area contributed by atoms with Gasteiger partial charge in [-0.25, -0.2) is 14.6 Å². The Kier molecular flexibility index (Phi) is 5.64. The highest BCUT2D eigenvalue weighted by molar-refractivity contribution is 7.98. The first-order chi connectivity index (χ1) is 14.8. The molecule has 0 saturated carbocycles. The molecule has 0 unspecified atom stereocenters. The first kappa shape index (κ1) is 20.9. The maximum atomic E-state index is 13.2. The van der Waals surface area contributed by atoms with Gasteiger partial charge in [-0.1, -0.05) is 23.9 Å². The van der Waals surface area contributed by atoms with Gasteiger partial charge < -0.3 is 4.57 Å². The van der Waals surface area contributed by atoms with Crippen LogP contribution in [-0.2, 0) is 12.7 Å². The van der Waals surface area contributed by atoms with E-state index < -0.39 is 11.9 Å². The zero-order chi connectivity index (χ0) is 22.0. The van der Waals surface area contributed by atoms with E-state index in [1.165, 1.54) is 22.9 Å². The third kappa shape index (κ3) is 4.69. The number of hydrogen-bond donors (Lipinski definition) is 0. The Morgan fingerprint density at radius 1 is 1.06 bits per heavy atom. The number of thioether (sulfide) groups is 1. The van der Waals surface area contributed by atoms with Crippen LogP contribution in [-0.4, -0.2) is 30.6 Å². The third-order valence-electron chi connectivity index (χ3n) is 4.52. The monoisotopic (exact) mass is 443 g/mol. The molecule has 3 aromatic heterocycles. The van der Waals surface area contributed by atoms with Crippen LogP contribution in [0, 0.1) is 0 Å². The van der Waals surface area contributed by atoms with Crippen LogP contribution in [0.25, 0.3) is 16.9 Å². The van der Waals surface area contributed by atoms with Gasteiger partial charge in [0.1, 0.15) is 5.69 Å². The summed E-state index contributed by atoms with van der Waals surface area (Å²) in [6.07, 6.45) is 2.03. The SMILES string of the molecule is CSc1nc(-c2ccc(=O)n(Cc3ccc(-n4cccn4)cc3)c2)cc(C(F)(F)F)n1. The van der Waals surface area contributed by atoms with Gasteiger partial charge in [-0.05, 0) is 42.2 Å². The van der Waals surface area contributed by atoms with Crippen LogP contribution in [0.4, 0.5) is 13.2 Å². The maximum Gasteiger partial charge on any atom is 0.433 e. The number of rotatable bonds is 5. The molecule has 0 aliphatic carbocycles. The Hall–Kier alpha value is -3.40. The lowest BCUT2D eigenvalue weighted by Gasteiger charge is -2.12. The van der Waals surface area contributed by atoms with Crippen LogP contribution in [0.2, 0.25) is 0 Å². The van der Waals surface area contributed by atoms with Crippen LogP contribution in [0.15, 0.2) is 77.1 Å². The second-order valence-electron chi connectivity index (χ2n) is 6.62. The molecule has 0 aliphatic rings. The Morgan fingerprint density at radius 2 is 1.84 bits per heavy atom. The molecule has 0 atom stereocenters. The average Bonchev–Trinajstić information content (AvgIpc) is 3.30. The van der Waals surface area contributed by atoms with E-state index in [0.29, 0.717) is 5.56 Å². The minimum atomic E-state index is -4.59. The average molecular weight is 443 g/mol. The van der Waals surface area contributed by atoms with E-state index in [0.717, 1.165) is 29.1 Å². The lowest BCUT2D eigenvalue weighted by molar-refractivity contribution is -0.141. The van der Waals surface area contributed by atoms with Crippen molar-refractivity contribution in [3.63, 3.8) is 0 Å². The van der Waals surface area contributed by atoms with Gasteiger partial charge in [-0.2, -0.15) is 18.3 Å². The normalized spacial score (nSPS) is 11.6. The topological polar surface area (TPSA) is 65.6 Å². The second-order valence-corrected chi connectivity index (χ2v) is 7.40. The molecule has 4 rings (SSSR count). The van der Waals surface area contributed by atoms with Gasteiger partial charge in [-0.15, -0.1) is 0 Å². The van der Waals surface area contributed by atoms with Gasteiger partial charge in [0.25, 0.3) is 5.56 Å². The van der Waals surface area contributed by atoms with Gasteiger partial charge in [0, 0.05) is 30.2 Å². The fourth-order valence-electron chi connectivity index (χ4n) is 2.99. The zero-order valence-corrected chi connectivity index (χ0v) is 17.1. The summed E-state index contributed by atoms with van der Waals surface area (Å²) in [7, 11) is 0. The number of hydrogen-bond acceptors (Lipinski definition) is 5. The molecule has 0 aliphatic heterocycles. The van der Waals surface area contributed by atoms with Gasteiger partial charge in [0.2, 0.25) is 0 Å². The Balaban J connectivity index is 1.66. The summed E-state index contributed by atoms with van der Waals surface area (Å²) >= 11 is 1.02. The molecule has 31 heavy (non-hydrogen) atoms. The van der Waals surface area contributed by atoms with Crippen molar-refractivity contribution in [2.24, 2.45) is 0 Å². The molecule has 0 spiro atoms. The van der Waals surface area contributed by atoms with Crippen molar-refractivity contribution in [2.75, 3.05) is 6.26 Å². The summed E-state index contributed by atoms with van der Waals surface area (Å²) in [5, 5.41) is 4.18. The number of alkyl halides is 3. The molecule has 0 N–H and O–H groups in total. The first-order valence-corrected chi connectivity index (χ1v) is 10.4. The molecule has 0 bridgehead atoms. The zero-order valence-electron chi connectivity index (χ0n) is 16.2. The minimum absolute atomic E-state index is 0.0109. The molecule has 158 valence electrons. The van der Waals surface area contributed by atoms with Crippen molar-refractivity contribution in [3.8, 4) is 16.9 Å². The van der Waals surface area contributed by atoms with Crippen molar-refractivity contribution in [2.45, 2.75) is 17.9 Å². The van der Waals surface area contributed by atoms with Crippen molar-refractivity contribution in [1.29, 1.82) is 0 Å². The lowest BCUT2D eigenvalue weighted by Crippen LogP contribution is -2.19. The van der Waals surface area contributed by atoms with Crippen molar-refractivity contribution >= 4 is 11.8 Å². The Morgan fingerprint density at radius 3 is 2.48 bits per heavy atom. The third-order valence-corrected chi connectivity index (χ3v) is 5.06. The van der Waals surface area contributed by atoms with Crippen molar-refractivity contribution in [3.05, 3.63) is 88.7 Å². The van der Waals surface area contributed by atoms with Crippen LogP contribution in [0.1, 0.15) is 11.3 Å². The summed E-state index contributed by atoms with van der Waals surface area (Å²) < 4.78 is 42.8. The molecule has 0 radical (unpaired) electrons. The van der Waals surface area contributed by atoms with Gasteiger partial charge in [0.15, 0.2) is 5.16 Å². The summed E-state index contributed by atoms with van der Waals surface area (Å²) in [4.78, 5) is 20.1. The van der Waals surface area contributed by atoms with E-state index in [4.69, 9.17) is 0 Å². The number of nitrogens with zero attached hydrogens (tertiary/aromatic N) is 5. The van der Waals surface area contributed by atoms with Gasteiger partial charge in [0.05, 0.1) is 17.9 Å². The highest BCUT2D eigenvalue weighted by Gasteiger charge is 2.33. The van der Waals surface area contributed by atoms with E-state index in [2.05, 4.69) is 15.1 Å². The first-order valence-electron chi connectivity index (χ1n) is 9.13. The summed E-state index contributed by atoms with van der Waals surface area (Å²) in [6.45, 7) is 0.263. The highest BCUT2D eigenvalue weighted by atomic mass is 32.2. The van der Waals surface area contributed by atoms with Gasteiger partial charge >= 0.3 is 6.18 Å². The molecule has 6 nitrogen and oxygen atoms in total. The molecule has 0 amide bonds. The van der Waals surface area contributed by atoms with Crippen LogP contribution < -0.4 is 5.56 Å².